The summed E-state index contributed by atoms with van der Waals surface area (Å²) in [4.78, 5) is 46.5. The summed E-state index contributed by atoms with van der Waals surface area (Å²) in [5.41, 5.74) is -3.95. The minimum atomic E-state index is -2.24. The Kier molecular flexibility index (Phi) is 4.23. The van der Waals surface area contributed by atoms with E-state index in [9.17, 15) is 34.5 Å². The molecule has 4 N–H and O–H groups in total. The van der Waals surface area contributed by atoms with Gasteiger partial charge in [-0.1, -0.05) is 36.4 Å². The van der Waals surface area contributed by atoms with Gasteiger partial charge in [0.1, 0.15) is 11.3 Å². The van der Waals surface area contributed by atoms with Gasteiger partial charge in [-0.3, -0.25) is 9.59 Å². The molecule has 2 rings (SSSR count). The van der Waals surface area contributed by atoms with Crippen molar-refractivity contribution in [2.75, 3.05) is 0 Å². The van der Waals surface area contributed by atoms with Gasteiger partial charge < -0.3 is 20.4 Å². The maximum absolute atomic E-state index is 12.0. The zero-order chi connectivity index (χ0) is 18.1. The topological polar surface area (TPSA) is 149 Å². The zero-order valence-electron chi connectivity index (χ0n) is 12.0. The van der Waals surface area contributed by atoms with E-state index in [1.807, 2.05) is 0 Å². The number of carboxylic acid groups (broad SMARTS) is 4. The predicted octanol–water partition coefficient (Wildman–Crippen LogP) is 0.745. The second-order valence-electron chi connectivity index (χ2n) is 5.08. The van der Waals surface area contributed by atoms with E-state index < -0.39 is 46.4 Å². The Bertz CT molecular complexity index is 790. The molecular formula is C16H12O8. The summed E-state index contributed by atoms with van der Waals surface area (Å²) in [7, 11) is 0. The molecule has 0 radical (unpaired) electrons. The molecule has 1 aromatic carbocycles. The van der Waals surface area contributed by atoms with Crippen LogP contribution in [0.1, 0.15) is 5.56 Å². The van der Waals surface area contributed by atoms with Gasteiger partial charge in [0.25, 0.3) is 0 Å². The molecule has 1 aliphatic rings. The first-order valence-electron chi connectivity index (χ1n) is 6.65. The Morgan fingerprint density at radius 1 is 0.875 bits per heavy atom. The molecule has 0 aromatic heterocycles. The normalized spacial score (nSPS) is 22.9. The lowest BCUT2D eigenvalue weighted by atomic mass is 9.63. The van der Waals surface area contributed by atoms with E-state index >= 15 is 0 Å². The molecule has 2 atom stereocenters. The third kappa shape index (κ3) is 2.43. The monoisotopic (exact) mass is 332 g/mol. The summed E-state index contributed by atoms with van der Waals surface area (Å²) in [6, 6.07) is 7.23. The average Bonchev–Trinajstić information content (AvgIpc) is 2.53. The van der Waals surface area contributed by atoms with Crippen LogP contribution in [0.2, 0.25) is 0 Å². The highest BCUT2D eigenvalue weighted by molar-refractivity contribution is 6.08. The van der Waals surface area contributed by atoms with Gasteiger partial charge in [-0.2, -0.15) is 0 Å². The highest BCUT2D eigenvalue weighted by Gasteiger charge is 2.55. The van der Waals surface area contributed by atoms with Gasteiger partial charge in [0.05, 0.1) is 11.1 Å². The van der Waals surface area contributed by atoms with Crippen molar-refractivity contribution < 1.29 is 39.6 Å². The third-order valence-electron chi connectivity index (χ3n) is 3.86. The molecule has 0 saturated carbocycles. The summed E-state index contributed by atoms with van der Waals surface area (Å²) < 4.78 is 0. The van der Waals surface area contributed by atoms with E-state index in [-0.39, 0.29) is 5.56 Å². The van der Waals surface area contributed by atoms with Crippen LogP contribution in [0.4, 0.5) is 0 Å². The molecular weight excluding hydrogens is 320 g/mol. The van der Waals surface area contributed by atoms with Crippen molar-refractivity contribution >= 4 is 23.9 Å². The second kappa shape index (κ2) is 5.99. The molecule has 0 aliphatic heterocycles. The summed E-state index contributed by atoms with van der Waals surface area (Å²) in [6.45, 7) is 0. The summed E-state index contributed by atoms with van der Waals surface area (Å²) in [5, 5.41) is 37.7. The van der Waals surface area contributed by atoms with Crippen molar-refractivity contribution in [1.29, 1.82) is 0 Å². The number of aliphatic carboxylic acids is 4. The van der Waals surface area contributed by atoms with Crippen molar-refractivity contribution in [3.05, 3.63) is 59.2 Å². The van der Waals surface area contributed by atoms with Crippen LogP contribution in [-0.2, 0) is 24.6 Å². The molecule has 1 aromatic rings. The van der Waals surface area contributed by atoms with Gasteiger partial charge in [0.15, 0.2) is 0 Å². The average molecular weight is 332 g/mol. The molecule has 2 unspecified atom stereocenters. The van der Waals surface area contributed by atoms with Crippen molar-refractivity contribution in [2.24, 2.45) is 5.92 Å². The quantitative estimate of drug-likeness (QED) is 0.617. The molecule has 0 bridgehead atoms. The first kappa shape index (κ1) is 16.9. The highest BCUT2D eigenvalue weighted by atomic mass is 16.4. The van der Waals surface area contributed by atoms with Crippen molar-refractivity contribution in [3.63, 3.8) is 0 Å². The Labute approximate surface area is 135 Å². The fourth-order valence-corrected chi connectivity index (χ4v) is 2.82. The largest absolute Gasteiger partial charge is 0.481 e. The zero-order valence-corrected chi connectivity index (χ0v) is 12.0. The number of benzene rings is 1. The van der Waals surface area contributed by atoms with Crippen molar-refractivity contribution in [2.45, 2.75) is 5.41 Å². The number of rotatable bonds is 5. The summed E-state index contributed by atoms with van der Waals surface area (Å²) in [5.74, 6) is -8.90. The summed E-state index contributed by atoms with van der Waals surface area (Å²) >= 11 is 0. The molecule has 24 heavy (non-hydrogen) atoms. The van der Waals surface area contributed by atoms with Crippen LogP contribution >= 0.6 is 0 Å². The molecule has 0 amide bonds. The van der Waals surface area contributed by atoms with Gasteiger partial charge in [-0.25, -0.2) is 9.59 Å². The van der Waals surface area contributed by atoms with Crippen LogP contribution in [0.15, 0.2) is 53.6 Å². The van der Waals surface area contributed by atoms with E-state index in [0.29, 0.717) is 0 Å². The number of hydrogen-bond donors (Lipinski definition) is 4. The third-order valence-corrected chi connectivity index (χ3v) is 3.86. The lowest BCUT2D eigenvalue weighted by Crippen LogP contribution is -2.49. The number of hydrogen-bond acceptors (Lipinski definition) is 4. The minimum Gasteiger partial charge on any atom is -0.481 e. The SMILES string of the molecule is O=C(O)C1=C(C(=O)O)C(C(=O)O)C(C(=O)O)(c2ccccc2)C=C1. The van der Waals surface area contributed by atoms with Crippen LogP contribution in [0, 0.1) is 5.92 Å². The van der Waals surface area contributed by atoms with Crippen LogP contribution in [0.25, 0.3) is 0 Å². The van der Waals surface area contributed by atoms with E-state index in [1.165, 1.54) is 24.3 Å². The van der Waals surface area contributed by atoms with Crippen LogP contribution in [0.3, 0.4) is 0 Å². The van der Waals surface area contributed by atoms with E-state index in [0.717, 1.165) is 12.2 Å². The first-order chi connectivity index (χ1) is 11.2. The number of carbonyl (C=O) groups is 4. The van der Waals surface area contributed by atoms with Gasteiger partial charge in [-0.05, 0) is 11.6 Å². The molecule has 0 heterocycles. The molecule has 8 nitrogen and oxygen atoms in total. The second-order valence-corrected chi connectivity index (χ2v) is 5.08. The lowest BCUT2D eigenvalue weighted by molar-refractivity contribution is -0.154. The van der Waals surface area contributed by atoms with Gasteiger partial charge in [0, 0.05) is 0 Å². The van der Waals surface area contributed by atoms with Gasteiger partial charge in [0.2, 0.25) is 0 Å². The highest BCUT2D eigenvalue weighted by Crippen LogP contribution is 2.43. The van der Waals surface area contributed by atoms with E-state index in [1.54, 1.807) is 6.07 Å². The molecule has 0 fully saturated rings. The Balaban J connectivity index is 2.87. The van der Waals surface area contributed by atoms with Gasteiger partial charge in [-0.15, -0.1) is 0 Å². The Morgan fingerprint density at radius 3 is 1.88 bits per heavy atom. The smallest absolute Gasteiger partial charge is 0.336 e. The molecule has 0 saturated heterocycles. The fraction of sp³-hybridized carbons (Fsp3) is 0.125. The van der Waals surface area contributed by atoms with Gasteiger partial charge >= 0.3 is 23.9 Å². The molecule has 124 valence electrons. The molecule has 1 aliphatic carbocycles. The standard InChI is InChI=1S/C16H12O8/c17-12(18)9-6-7-16(15(23)24,8-4-2-1-3-5-8)11(14(21)22)10(9)13(19)20/h1-7,11H,(H,17,18)(H,19,20)(H,21,22)(H,23,24). The Hall–Kier alpha value is -3.42. The first-order valence-corrected chi connectivity index (χ1v) is 6.65. The lowest BCUT2D eigenvalue weighted by Gasteiger charge is -2.35. The maximum atomic E-state index is 12.0. The van der Waals surface area contributed by atoms with E-state index in [4.69, 9.17) is 5.11 Å². The minimum absolute atomic E-state index is 0.0318. The van der Waals surface area contributed by atoms with Crippen molar-refractivity contribution in [3.8, 4) is 0 Å². The number of carboxylic acids is 4. The summed E-state index contributed by atoms with van der Waals surface area (Å²) in [6.07, 6.45) is 1.74. The van der Waals surface area contributed by atoms with Crippen molar-refractivity contribution in [1.82, 2.24) is 0 Å². The van der Waals surface area contributed by atoms with Crippen LogP contribution in [-0.4, -0.2) is 44.3 Å². The molecule has 0 spiro atoms. The predicted molar refractivity (Wildman–Crippen MR) is 78.3 cm³/mol. The maximum Gasteiger partial charge on any atom is 0.336 e. The van der Waals surface area contributed by atoms with Crippen LogP contribution < -0.4 is 0 Å². The fourth-order valence-electron chi connectivity index (χ4n) is 2.82. The molecule has 8 heteroatoms. The van der Waals surface area contributed by atoms with E-state index in [2.05, 4.69) is 0 Å². The van der Waals surface area contributed by atoms with Crippen LogP contribution in [0.5, 0.6) is 0 Å². The Morgan fingerprint density at radius 2 is 1.46 bits per heavy atom.